The maximum Gasteiger partial charge on any atom is 0.376 e. The van der Waals surface area contributed by atoms with E-state index >= 15 is 0 Å². The Labute approximate surface area is 140 Å². The van der Waals surface area contributed by atoms with Gasteiger partial charge in [-0.05, 0) is 17.5 Å². The van der Waals surface area contributed by atoms with Crippen LogP contribution >= 0.6 is 11.3 Å². The number of benzene rings is 1. The van der Waals surface area contributed by atoms with Gasteiger partial charge in [0.15, 0.2) is 5.06 Å². The van der Waals surface area contributed by atoms with Crippen LogP contribution in [0.1, 0.15) is 10.6 Å². The zero-order valence-electron chi connectivity index (χ0n) is 12.5. The Morgan fingerprint density at radius 1 is 1.21 bits per heavy atom. The van der Waals surface area contributed by atoms with E-state index in [1.807, 2.05) is 24.3 Å². The van der Waals surface area contributed by atoms with Crippen molar-refractivity contribution in [2.24, 2.45) is 0 Å². The van der Waals surface area contributed by atoms with Crippen LogP contribution in [0.4, 0.5) is 0 Å². The largest absolute Gasteiger partial charge is 0.463 e. The zero-order chi connectivity index (χ0) is 16.5. The number of aromatic nitrogens is 1. The van der Waals surface area contributed by atoms with Crippen molar-refractivity contribution >= 4 is 27.4 Å². The quantitative estimate of drug-likeness (QED) is 0.500. The number of methoxy groups -OCH3 is 1. The summed E-state index contributed by atoms with van der Waals surface area (Å²) in [6, 6.07) is 12.8. The summed E-state index contributed by atoms with van der Waals surface area (Å²) >= 11 is 1.49. The maximum absolute atomic E-state index is 11.4. The molecule has 0 saturated heterocycles. The first kappa shape index (κ1) is 14.5. The number of fused-ring (bicyclic) bond motifs is 1. The van der Waals surface area contributed by atoms with Gasteiger partial charge in [-0.25, -0.2) is 4.79 Å². The van der Waals surface area contributed by atoms with E-state index in [2.05, 4.69) is 9.89 Å². The van der Waals surface area contributed by atoms with Crippen LogP contribution in [-0.2, 0) is 4.74 Å². The van der Waals surface area contributed by atoms with Gasteiger partial charge in [0, 0.05) is 28.5 Å². The Hall–Kier alpha value is -3.06. The molecule has 4 rings (SSSR count). The first-order chi connectivity index (χ1) is 11.7. The average Bonchev–Trinajstić information content (AvgIpc) is 3.33. The highest BCUT2D eigenvalue weighted by Crippen LogP contribution is 2.36. The Morgan fingerprint density at radius 3 is 2.92 bits per heavy atom. The summed E-state index contributed by atoms with van der Waals surface area (Å²) in [4.78, 5) is 11.4. The molecular formula is C17H11NO5S. The minimum atomic E-state index is -0.555. The van der Waals surface area contributed by atoms with Gasteiger partial charge in [-0.3, -0.25) is 0 Å². The highest BCUT2D eigenvalue weighted by Gasteiger charge is 2.15. The Kier molecular flexibility index (Phi) is 3.55. The van der Waals surface area contributed by atoms with Crippen molar-refractivity contribution in [2.45, 2.75) is 0 Å². The van der Waals surface area contributed by atoms with Gasteiger partial charge in [0.1, 0.15) is 5.69 Å². The third-order valence-electron chi connectivity index (χ3n) is 3.39. The number of rotatable bonds is 4. The second-order valence-corrected chi connectivity index (χ2v) is 5.97. The lowest BCUT2D eigenvalue weighted by molar-refractivity contribution is 0.0554. The van der Waals surface area contributed by atoms with Crippen molar-refractivity contribution in [3.05, 3.63) is 54.5 Å². The molecule has 0 aliphatic rings. The van der Waals surface area contributed by atoms with Gasteiger partial charge in [-0.15, -0.1) is 0 Å². The number of carbonyl (C=O) groups excluding carboxylic acids is 1. The Morgan fingerprint density at radius 2 is 2.12 bits per heavy atom. The topological polar surface area (TPSA) is 74.7 Å². The molecule has 4 aromatic rings. The van der Waals surface area contributed by atoms with Crippen molar-refractivity contribution in [3.8, 4) is 22.3 Å². The van der Waals surface area contributed by atoms with Crippen molar-refractivity contribution in [1.29, 1.82) is 0 Å². The molecule has 0 saturated carbocycles. The van der Waals surface area contributed by atoms with E-state index in [1.54, 1.807) is 24.5 Å². The highest BCUT2D eigenvalue weighted by atomic mass is 32.1. The first-order valence-electron chi connectivity index (χ1n) is 7.03. The normalized spacial score (nSPS) is 10.9. The van der Waals surface area contributed by atoms with E-state index in [-0.39, 0.29) is 5.76 Å². The second kappa shape index (κ2) is 5.86. The molecule has 24 heavy (non-hydrogen) atoms. The molecule has 0 unspecified atom stereocenters. The number of ether oxygens (including phenoxy) is 2. The average molecular weight is 341 g/mol. The summed E-state index contributed by atoms with van der Waals surface area (Å²) in [6.07, 6.45) is 1.56. The van der Waals surface area contributed by atoms with Crippen molar-refractivity contribution in [2.75, 3.05) is 7.11 Å². The standard InChI is InChI=1S/C17H11NO5S/c1-20-17(19)13-9-12(18-23-13)10-4-5-11-8-16(24-14(11)7-10)22-15-3-2-6-21-15/h2-9H,1H3. The van der Waals surface area contributed by atoms with Crippen molar-refractivity contribution in [3.63, 3.8) is 0 Å². The molecule has 120 valence electrons. The number of carbonyl (C=O) groups is 1. The van der Waals surface area contributed by atoms with Crippen LogP contribution in [0.5, 0.6) is 11.0 Å². The van der Waals surface area contributed by atoms with Crippen molar-refractivity contribution in [1.82, 2.24) is 5.16 Å². The predicted molar refractivity (Wildman–Crippen MR) is 87.4 cm³/mol. The summed E-state index contributed by atoms with van der Waals surface area (Å²) in [7, 11) is 1.29. The summed E-state index contributed by atoms with van der Waals surface area (Å²) < 4.78 is 21.5. The molecule has 0 bridgehead atoms. The number of furan rings is 1. The van der Waals surface area contributed by atoms with Crippen LogP contribution < -0.4 is 4.74 Å². The lowest BCUT2D eigenvalue weighted by Gasteiger charge is -1.95. The molecule has 0 amide bonds. The molecule has 3 aromatic heterocycles. The molecule has 3 heterocycles. The number of nitrogens with zero attached hydrogens (tertiary/aromatic N) is 1. The van der Waals surface area contributed by atoms with E-state index in [0.29, 0.717) is 11.6 Å². The molecule has 0 aliphatic heterocycles. The SMILES string of the molecule is COC(=O)c1cc(-c2ccc3cc(Oc4ccco4)sc3c2)no1. The number of hydrogen-bond acceptors (Lipinski definition) is 7. The van der Waals surface area contributed by atoms with E-state index in [4.69, 9.17) is 13.7 Å². The fourth-order valence-corrected chi connectivity index (χ4v) is 3.20. The van der Waals surface area contributed by atoms with Gasteiger partial charge in [0.05, 0.1) is 13.4 Å². The molecule has 0 atom stereocenters. The third-order valence-corrected chi connectivity index (χ3v) is 4.36. The lowest BCUT2D eigenvalue weighted by Crippen LogP contribution is -1.98. The van der Waals surface area contributed by atoms with Gasteiger partial charge in [0.2, 0.25) is 5.76 Å². The number of esters is 1. The molecule has 0 spiro atoms. The van der Waals surface area contributed by atoms with Gasteiger partial charge in [0.25, 0.3) is 5.95 Å². The predicted octanol–water partition coefficient (Wildman–Crippen LogP) is 4.73. The summed E-state index contributed by atoms with van der Waals surface area (Å²) in [5.41, 5.74) is 1.41. The fraction of sp³-hybridized carbons (Fsp3) is 0.0588. The number of hydrogen-bond donors (Lipinski definition) is 0. The van der Waals surface area contributed by atoms with E-state index in [1.165, 1.54) is 18.4 Å². The summed E-state index contributed by atoms with van der Waals surface area (Å²) in [6.45, 7) is 0. The summed E-state index contributed by atoms with van der Waals surface area (Å²) in [5.74, 6) is -0.0401. The molecule has 1 aromatic carbocycles. The lowest BCUT2D eigenvalue weighted by atomic mass is 10.1. The van der Waals surface area contributed by atoms with Gasteiger partial charge in [-0.2, -0.15) is 0 Å². The van der Waals surface area contributed by atoms with E-state index in [0.717, 1.165) is 20.7 Å². The minimum absolute atomic E-state index is 0.0700. The first-order valence-corrected chi connectivity index (χ1v) is 7.85. The Bertz CT molecular complexity index is 999. The molecule has 6 nitrogen and oxygen atoms in total. The summed E-state index contributed by atoms with van der Waals surface area (Å²) in [5, 5.41) is 5.69. The minimum Gasteiger partial charge on any atom is -0.463 e. The van der Waals surface area contributed by atoms with Crippen LogP contribution in [0.15, 0.2) is 57.7 Å². The second-order valence-electron chi connectivity index (χ2n) is 4.92. The van der Waals surface area contributed by atoms with Crippen LogP contribution in [0.2, 0.25) is 0 Å². The van der Waals surface area contributed by atoms with Gasteiger partial charge in [-0.1, -0.05) is 28.6 Å². The zero-order valence-corrected chi connectivity index (χ0v) is 13.3. The van der Waals surface area contributed by atoms with Crippen LogP contribution in [0.25, 0.3) is 21.3 Å². The fourth-order valence-electron chi connectivity index (χ4n) is 2.25. The molecule has 0 radical (unpaired) electrons. The Balaban J connectivity index is 1.65. The molecule has 0 fully saturated rings. The highest BCUT2D eigenvalue weighted by molar-refractivity contribution is 7.20. The molecule has 0 aliphatic carbocycles. The van der Waals surface area contributed by atoms with E-state index < -0.39 is 5.97 Å². The smallest absolute Gasteiger partial charge is 0.376 e. The van der Waals surface area contributed by atoms with Crippen LogP contribution in [-0.4, -0.2) is 18.2 Å². The van der Waals surface area contributed by atoms with Gasteiger partial charge < -0.3 is 18.4 Å². The molecule has 7 heteroatoms. The monoisotopic (exact) mass is 341 g/mol. The van der Waals surface area contributed by atoms with Crippen molar-refractivity contribution < 1.29 is 23.2 Å². The van der Waals surface area contributed by atoms with Crippen LogP contribution in [0, 0.1) is 0 Å². The number of thiophene rings is 1. The third kappa shape index (κ3) is 2.65. The maximum atomic E-state index is 11.4. The molecular weight excluding hydrogens is 330 g/mol. The van der Waals surface area contributed by atoms with E-state index in [9.17, 15) is 4.79 Å². The van der Waals surface area contributed by atoms with Gasteiger partial charge >= 0.3 is 5.97 Å². The van der Waals surface area contributed by atoms with Crippen LogP contribution in [0.3, 0.4) is 0 Å². The molecule has 0 N–H and O–H groups in total.